The summed E-state index contributed by atoms with van der Waals surface area (Å²) in [5.74, 6) is -0.375. The van der Waals surface area contributed by atoms with Gasteiger partial charge in [-0.25, -0.2) is 9.48 Å². The number of aromatic nitrogens is 2. The Hall–Kier alpha value is -2.93. The summed E-state index contributed by atoms with van der Waals surface area (Å²) in [5, 5.41) is 15.6. The Morgan fingerprint density at radius 1 is 1.13 bits per heavy atom. The molecular weight excluding hydrogens is 432 g/mol. The van der Waals surface area contributed by atoms with Crippen molar-refractivity contribution in [3.63, 3.8) is 0 Å². The minimum atomic E-state index is -0.665. The van der Waals surface area contributed by atoms with Crippen molar-refractivity contribution in [1.29, 1.82) is 0 Å². The zero-order valence-corrected chi connectivity index (χ0v) is 18.7. The zero-order chi connectivity index (χ0) is 22.0. The zero-order valence-electron chi connectivity index (χ0n) is 17.1. The second-order valence-electron chi connectivity index (χ2n) is 6.94. The number of rotatable bonds is 6. The van der Waals surface area contributed by atoms with E-state index in [-0.39, 0.29) is 5.97 Å². The molecule has 158 valence electrons. The molecule has 1 N–H and O–H groups in total. The first-order valence-corrected chi connectivity index (χ1v) is 11.0. The van der Waals surface area contributed by atoms with E-state index in [0.717, 1.165) is 26.7 Å². The van der Waals surface area contributed by atoms with Gasteiger partial charge in [0.15, 0.2) is 0 Å². The van der Waals surface area contributed by atoms with Crippen LogP contribution in [0.15, 0.2) is 66.7 Å². The standard InChI is InChI=1S/C24H21ClN2O3S/c1-3-21(28)18-14-20(27(26-18)19-11-7-6-10-17(19)25)23-13-12-22(31-23)15-8-4-5-9-16(15)24(29)30-2/h4-14,21,28H,3H2,1-2H3. The molecule has 7 heteroatoms. The van der Waals surface area contributed by atoms with Crippen molar-refractivity contribution in [3.8, 4) is 26.7 Å². The molecule has 0 amide bonds. The highest BCUT2D eigenvalue weighted by atomic mass is 35.5. The van der Waals surface area contributed by atoms with Crippen molar-refractivity contribution in [2.75, 3.05) is 7.11 Å². The fourth-order valence-electron chi connectivity index (χ4n) is 3.36. The van der Waals surface area contributed by atoms with Gasteiger partial charge in [-0.3, -0.25) is 0 Å². The number of carbonyl (C=O) groups excluding carboxylic acids is 1. The summed E-state index contributed by atoms with van der Waals surface area (Å²) in [4.78, 5) is 14.1. The van der Waals surface area contributed by atoms with Crippen molar-refractivity contribution >= 4 is 28.9 Å². The minimum Gasteiger partial charge on any atom is -0.465 e. The van der Waals surface area contributed by atoms with Crippen LogP contribution in [0.25, 0.3) is 26.7 Å². The van der Waals surface area contributed by atoms with Gasteiger partial charge in [0.2, 0.25) is 0 Å². The molecule has 2 heterocycles. The molecule has 0 fully saturated rings. The third-order valence-electron chi connectivity index (χ3n) is 4.99. The molecule has 0 aliphatic heterocycles. The summed E-state index contributed by atoms with van der Waals surface area (Å²) in [5.41, 5.74) is 3.46. The largest absolute Gasteiger partial charge is 0.465 e. The van der Waals surface area contributed by atoms with Crippen LogP contribution in [-0.4, -0.2) is 28.0 Å². The Labute approximate surface area is 189 Å². The lowest BCUT2D eigenvalue weighted by Crippen LogP contribution is -2.02. The van der Waals surface area contributed by atoms with Crippen LogP contribution >= 0.6 is 22.9 Å². The number of thiophene rings is 1. The van der Waals surface area contributed by atoms with Crippen LogP contribution in [0.2, 0.25) is 5.02 Å². The van der Waals surface area contributed by atoms with Crippen molar-refractivity contribution in [3.05, 3.63) is 83.0 Å². The summed E-state index contributed by atoms with van der Waals surface area (Å²) in [6.07, 6.45) is -0.108. The van der Waals surface area contributed by atoms with E-state index in [9.17, 15) is 9.90 Å². The lowest BCUT2D eigenvalue weighted by Gasteiger charge is -2.08. The maximum atomic E-state index is 12.2. The van der Waals surface area contributed by atoms with Gasteiger partial charge in [-0.1, -0.05) is 48.9 Å². The molecule has 4 rings (SSSR count). The molecule has 31 heavy (non-hydrogen) atoms. The fraction of sp³-hybridized carbons (Fsp3) is 0.167. The number of ether oxygens (including phenoxy) is 1. The summed E-state index contributed by atoms with van der Waals surface area (Å²) in [7, 11) is 1.38. The average Bonchev–Trinajstić information content (AvgIpc) is 3.46. The molecule has 0 saturated carbocycles. The second kappa shape index (κ2) is 9.06. The van der Waals surface area contributed by atoms with Crippen LogP contribution in [0, 0.1) is 0 Å². The minimum absolute atomic E-state index is 0.375. The Balaban J connectivity index is 1.84. The third kappa shape index (κ3) is 4.14. The van der Waals surface area contributed by atoms with Crippen LogP contribution < -0.4 is 0 Å². The predicted molar refractivity (Wildman–Crippen MR) is 124 cm³/mol. The molecule has 1 atom stereocenters. The molecule has 5 nitrogen and oxygen atoms in total. The van der Waals surface area contributed by atoms with Crippen LogP contribution in [0.4, 0.5) is 0 Å². The highest BCUT2D eigenvalue weighted by molar-refractivity contribution is 7.18. The molecular formula is C24H21ClN2O3S. The lowest BCUT2D eigenvalue weighted by molar-refractivity contribution is 0.0601. The quantitative estimate of drug-likeness (QED) is 0.356. The maximum Gasteiger partial charge on any atom is 0.338 e. The van der Waals surface area contributed by atoms with Gasteiger partial charge in [0.25, 0.3) is 0 Å². The first-order chi connectivity index (χ1) is 15.0. The number of aliphatic hydroxyl groups is 1. The summed E-state index contributed by atoms with van der Waals surface area (Å²) in [6.45, 7) is 1.91. The number of halogens is 1. The molecule has 0 aliphatic carbocycles. The van der Waals surface area contributed by atoms with E-state index in [1.54, 1.807) is 10.7 Å². The average molecular weight is 453 g/mol. The molecule has 0 bridgehead atoms. The molecule has 0 radical (unpaired) electrons. The highest BCUT2D eigenvalue weighted by Gasteiger charge is 2.20. The van der Waals surface area contributed by atoms with E-state index in [4.69, 9.17) is 16.3 Å². The van der Waals surface area contributed by atoms with E-state index in [1.165, 1.54) is 18.4 Å². The van der Waals surface area contributed by atoms with Gasteiger partial charge < -0.3 is 9.84 Å². The molecule has 2 aromatic carbocycles. The topological polar surface area (TPSA) is 64.3 Å². The van der Waals surface area contributed by atoms with E-state index < -0.39 is 6.10 Å². The number of esters is 1. The first-order valence-electron chi connectivity index (χ1n) is 9.84. The Morgan fingerprint density at radius 2 is 1.84 bits per heavy atom. The lowest BCUT2D eigenvalue weighted by atomic mass is 10.1. The Kier molecular flexibility index (Phi) is 6.23. The predicted octanol–water partition coefficient (Wildman–Crippen LogP) is 6.15. The summed E-state index contributed by atoms with van der Waals surface area (Å²) >= 11 is 7.98. The van der Waals surface area contributed by atoms with Crippen LogP contribution in [0.3, 0.4) is 0 Å². The van der Waals surface area contributed by atoms with Gasteiger partial charge in [0.05, 0.1) is 45.8 Å². The fourth-order valence-corrected chi connectivity index (χ4v) is 4.62. The number of nitrogens with zero attached hydrogens (tertiary/aromatic N) is 2. The second-order valence-corrected chi connectivity index (χ2v) is 8.43. The van der Waals surface area contributed by atoms with Crippen molar-refractivity contribution in [1.82, 2.24) is 9.78 Å². The normalized spacial score (nSPS) is 12.0. The van der Waals surface area contributed by atoms with Gasteiger partial charge in [0.1, 0.15) is 0 Å². The van der Waals surface area contributed by atoms with Crippen molar-refractivity contribution in [2.24, 2.45) is 0 Å². The van der Waals surface area contributed by atoms with Crippen LogP contribution in [0.1, 0.15) is 35.5 Å². The smallest absolute Gasteiger partial charge is 0.338 e. The van der Waals surface area contributed by atoms with Gasteiger partial charge in [-0.05, 0) is 42.8 Å². The summed E-state index contributed by atoms with van der Waals surface area (Å²) in [6, 6.07) is 20.7. The van der Waals surface area contributed by atoms with Crippen molar-refractivity contribution < 1.29 is 14.6 Å². The molecule has 4 aromatic rings. The number of para-hydroxylation sites is 1. The maximum absolute atomic E-state index is 12.2. The number of methoxy groups -OCH3 is 1. The first kappa shape index (κ1) is 21.3. The van der Waals surface area contributed by atoms with Gasteiger partial charge in [-0.2, -0.15) is 5.10 Å². The van der Waals surface area contributed by atoms with Gasteiger partial charge >= 0.3 is 5.97 Å². The van der Waals surface area contributed by atoms with E-state index >= 15 is 0 Å². The summed E-state index contributed by atoms with van der Waals surface area (Å²) < 4.78 is 6.69. The van der Waals surface area contributed by atoms with E-state index in [0.29, 0.717) is 22.7 Å². The molecule has 0 aliphatic rings. The number of hydrogen-bond acceptors (Lipinski definition) is 5. The number of carbonyl (C=O) groups is 1. The van der Waals surface area contributed by atoms with Crippen molar-refractivity contribution in [2.45, 2.75) is 19.4 Å². The van der Waals surface area contributed by atoms with Crippen LogP contribution in [0.5, 0.6) is 0 Å². The molecule has 1 unspecified atom stereocenters. The van der Waals surface area contributed by atoms with Gasteiger partial charge in [-0.15, -0.1) is 11.3 Å². The van der Waals surface area contributed by atoms with Crippen LogP contribution in [-0.2, 0) is 4.74 Å². The van der Waals surface area contributed by atoms with E-state index in [2.05, 4.69) is 5.10 Å². The molecule has 0 spiro atoms. The Morgan fingerprint density at radius 3 is 2.58 bits per heavy atom. The Bertz CT molecular complexity index is 1230. The van der Waals surface area contributed by atoms with E-state index in [1.807, 2.05) is 67.6 Å². The SMILES string of the molecule is CCC(O)c1cc(-c2ccc(-c3ccccc3C(=O)OC)s2)n(-c2ccccc2Cl)n1. The molecule has 0 saturated heterocycles. The highest BCUT2D eigenvalue weighted by Crippen LogP contribution is 2.38. The molecule has 2 aromatic heterocycles. The number of hydrogen-bond donors (Lipinski definition) is 1. The van der Waals surface area contributed by atoms with Gasteiger partial charge in [0, 0.05) is 10.4 Å². The number of aliphatic hydroxyl groups excluding tert-OH is 1. The monoisotopic (exact) mass is 452 g/mol. The third-order valence-corrected chi connectivity index (χ3v) is 6.45. The number of benzene rings is 2.